The van der Waals surface area contributed by atoms with Crippen molar-refractivity contribution in [2.24, 2.45) is 0 Å². The highest BCUT2D eigenvalue weighted by Gasteiger charge is 2.08. The molecule has 13 heteroatoms. The average Bonchev–Trinajstić information content (AvgIpc) is 3.17. The summed E-state index contributed by atoms with van der Waals surface area (Å²) in [4.78, 5) is 79.2. The number of carbonyl (C=O) groups is 7. The molecule has 0 aliphatic carbocycles. The highest BCUT2D eigenvalue weighted by molar-refractivity contribution is 5.96. The van der Waals surface area contributed by atoms with E-state index in [1.54, 1.807) is 72.8 Å². The third kappa shape index (κ3) is 21.5. The smallest absolute Gasteiger partial charge is 0.251 e. The van der Waals surface area contributed by atoms with Gasteiger partial charge in [0.05, 0.1) is 0 Å². The Kier molecular flexibility index (Phi) is 27.3. The van der Waals surface area contributed by atoms with Crippen molar-refractivity contribution >= 4 is 46.9 Å². The van der Waals surface area contributed by atoms with Crippen LogP contribution in [0, 0.1) is 0 Å². The van der Waals surface area contributed by atoms with Gasteiger partial charge in [-0.25, -0.2) is 0 Å². The summed E-state index contributed by atoms with van der Waals surface area (Å²) in [5.74, 6) is -0.562. The molecule has 0 bridgehead atoms. The Morgan fingerprint density at radius 3 is 1.00 bits per heavy atom. The zero-order valence-corrected chi connectivity index (χ0v) is 32.8. The van der Waals surface area contributed by atoms with Crippen LogP contribution < -0.4 is 31.9 Å². The van der Waals surface area contributed by atoms with Crippen molar-refractivity contribution < 1.29 is 33.6 Å². The monoisotopic (exact) mass is 812 g/mol. The van der Waals surface area contributed by atoms with Crippen LogP contribution in [-0.2, 0) is 33.9 Å². The molecule has 0 radical (unpaired) electrons. The molecule has 6 N–H and O–H groups in total. The first-order valence-electron chi connectivity index (χ1n) is 18.3. The van der Waals surface area contributed by atoms with Gasteiger partial charge in [0.2, 0.25) is 11.8 Å². The van der Waals surface area contributed by atoms with Gasteiger partial charge in [-0.15, -0.1) is 0 Å². The molecule has 0 heterocycles. The summed E-state index contributed by atoms with van der Waals surface area (Å²) < 4.78 is 0. The van der Waals surface area contributed by atoms with Gasteiger partial charge in [-0.2, -0.15) is 0 Å². The van der Waals surface area contributed by atoms with Crippen LogP contribution in [0.5, 0.6) is 0 Å². The number of benzene rings is 4. The number of anilines is 1. The van der Waals surface area contributed by atoms with Crippen LogP contribution in [-0.4, -0.2) is 60.9 Å². The van der Waals surface area contributed by atoms with E-state index in [2.05, 4.69) is 31.9 Å². The fraction of sp³-hybridized carbons (Fsp3) is 0.326. The Hall–Kier alpha value is -6.63. The lowest BCUT2D eigenvalue weighted by molar-refractivity contribution is -0.119. The predicted molar refractivity (Wildman–Crippen MR) is 237 cm³/mol. The predicted octanol–water partition coefficient (Wildman–Crippen LogP) is 6.87. The molecule has 4 aromatic carbocycles. The van der Waals surface area contributed by atoms with Gasteiger partial charge in [-0.3, -0.25) is 33.6 Å². The average molecular weight is 813 g/mol. The number of Topliss-reactive ketones (excluding diaryl/α,β-unsaturated/α-hetero) is 1. The summed E-state index contributed by atoms with van der Waals surface area (Å²) in [7, 11) is 0. The minimum Gasteiger partial charge on any atom is -0.352 e. The van der Waals surface area contributed by atoms with E-state index in [0.29, 0.717) is 67.1 Å². The van der Waals surface area contributed by atoms with E-state index in [-0.39, 0.29) is 63.5 Å². The lowest BCUT2D eigenvalue weighted by Crippen LogP contribution is -2.23. The van der Waals surface area contributed by atoms with Crippen molar-refractivity contribution in [3.05, 3.63) is 136 Å². The van der Waals surface area contributed by atoms with Crippen LogP contribution in [0.4, 0.5) is 5.69 Å². The summed E-state index contributed by atoms with van der Waals surface area (Å²) in [6.07, 6.45) is 0.375. The van der Waals surface area contributed by atoms with Gasteiger partial charge in [0.25, 0.3) is 23.6 Å². The number of hydrogen-bond acceptors (Lipinski definition) is 7. The first kappa shape index (κ1) is 54.5. The van der Waals surface area contributed by atoms with Gasteiger partial charge in [-0.1, -0.05) is 58.7 Å². The Labute approximate surface area is 350 Å². The van der Waals surface area contributed by atoms with Gasteiger partial charge in [-0.05, 0) is 105 Å². The quantitative estimate of drug-likeness (QED) is 0.0800. The topological polar surface area (TPSA) is 192 Å². The number of carbonyl (C=O) groups excluding carboxylic acids is 7. The van der Waals surface area contributed by atoms with E-state index < -0.39 is 0 Å². The molecular formula is C46H64N6O7. The van der Waals surface area contributed by atoms with Gasteiger partial charge in [0.1, 0.15) is 5.78 Å². The van der Waals surface area contributed by atoms with E-state index >= 15 is 0 Å². The van der Waals surface area contributed by atoms with Gasteiger partial charge >= 0.3 is 0 Å². The number of nitrogens with one attached hydrogen (secondary N) is 6. The third-order valence-corrected chi connectivity index (χ3v) is 7.58. The second-order valence-corrected chi connectivity index (χ2v) is 12.4. The van der Waals surface area contributed by atoms with Crippen molar-refractivity contribution in [3.8, 4) is 0 Å². The number of hydrogen-bond donors (Lipinski definition) is 6. The van der Waals surface area contributed by atoms with E-state index in [4.69, 9.17) is 0 Å². The van der Waals surface area contributed by atoms with Crippen LogP contribution in [0.15, 0.2) is 97.1 Å². The second-order valence-electron chi connectivity index (χ2n) is 12.4. The molecule has 59 heavy (non-hydrogen) atoms. The maximum Gasteiger partial charge on any atom is 0.251 e. The van der Waals surface area contributed by atoms with E-state index in [1.165, 1.54) is 20.8 Å². The van der Waals surface area contributed by atoms with E-state index in [1.807, 2.05) is 45.0 Å². The van der Waals surface area contributed by atoms with Gasteiger partial charge < -0.3 is 31.9 Å². The molecule has 0 unspecified atom stereocenters. The van der Waals surface area contributed by atoms with E-state index in [0.717, 1.165) is 16.7 Å². The minimum atomic E-state index is -0.179. The molecule has 0 aromatic heterocycles. The maximum atomic E-state index is 12.2. The molecule has 6 amide bonds. The first-order chi connectivity index (χ1) is 26.8. The van der Waals surface area contributed by atoms with Crippen LogP contribution >= 0.6 is 0 Å². The second kappa shape index (κ2) is 29.6. The fourth-order valence-electron chi connectivity index (χ4n) is 4.82. The van der Waals surface area contributed by atoms with Gasteiger partial charge in [0, 0.05) is 80.9 Å². The first-order valence-corrected chi connectivity index (χ1v) is 18.3. The SMILES string of the molecule is C.C.C.CCNC(=O)c1ccc(CNC(=O)c2ccc(CC(C)=O)cc2)cc1.CCNC(=O)c1ccc(CNC(C)=O)cc1.CCNC(=O)c1ccc(NC(C)=O)cc1. The van der Waals surface area contributed by atoms with Crippen molar-refractivity contribution in [1.29, 1.82) is 0 Å². The zero-order chi connectivity index (χ0) is 41.5. The van der Waals surface area contributed by atoms with Gasteiger partial charge in [0.15, 0.2) is 0 Å². The number of rotatable bonds is 14. The molecule has 0 atom stereocenters. The van der Waals surface area contributed by atoms with Crippen molar-refractivity contribution in [3.63, 3.8) is 0 Å². The molecule has 0 spiro atoms. The summed E-state index contributed by atoms with van der Waals surface area (Å²) >= 11 is 0. The summed E-state index contributed by atoms with van der Waals surface area (Å²) in [5, 5.41) is 16.3. The minimum absolute atomic E-state index is 0. The van der Waals surface area contributed by atoms with Crippen molar-refractivity contribution in [2.75, 3.05) is 25.0 Å². The Bertz CT molecular complexity index is 1910. The highest BCUT2D eigenvalue weighted by Crippen LogP contribution is 2.10. The molecule has 4 aromatic rings. The molecule has 0 fully saturated rings. The molecule has 0 aliphatic rings. The summed E-state index contributed by atoms with van der Waals surface area (Å²) in [6.45, 7) is 12.7. The number of ketones is 1. The molecular weight excluding hydrogens is 749 g/mol. The van der Waals surface area contributed by atoms with Crippen molar-refractivity contribution in [1.82, 2.24) is 26.6 Å². The number of amides is 6. The fourth-order valence-corrected chi connectivity index (χ4v) is 4.82. The Morgan fingerprint density at radius 2 is 0.695 bits per heavy atom. The zero-order valence-electron chi connectivity index (χ0n) is 32.8. The third-order valence-electron chi connectivity index (χ3n) is 7.58. The van der Waals surface area contributed by atoms with Crippen molar-refractivity contribution in [2.45, 2.75) is 83.3 Å². The summed E-state index contributed by atoms with van der Waals surface area (Å²) in [6, 6.07) is 28.1. The highest BCUT2D eigenvalue weighted by atomic mass is 16.2. The molecule has 13 nitrogen and oxygen atoms in total. The largest absolute Gasteiger partial charge is 0.352 e. The lowest BCUT2D eigenvalue weighted by Gasteiger charge is -2.07. The van der Waals surface area contributed by atoms with Crippen LogP contribution in [0.1, 0.15) is 122 Å². The molecule has 4 rings (SSSR count). The summed E-state index contributed by atoms with van der Waals surface area (Å²) in [5.41, 5.74) is 5.84. The Balaban J connectivity index is 0. The normalized spacial score (nSPS) is 9.32. The van der Waals surface area contributed by atoms with Crippen LogP contribution in [0.3, 0.4) is 0 Å². The lowest BCUT2D eigenvalue weighted by atomic mass is 10.1. The van der Waals surface area contributed by atoms with Crippen LogP contribution in [0.25, 0.3) is 0 Å². The molecule has 0 saturated carbocycles. The molecule has 320 valence electrons. The molecule has 0 aliphatic heterocycles. The van der Waals surface area contributed by atoms with E-state index in [9.17, 15) is 33.6 Å². The van der Waals surface area contributed by atoms with Crippen LogP contribution in [0.2, 0.25) is 0 Å². The standard InChI is InChI=1S/C20H22N2O3.C12H16N2O2.C11H14N2O2.3CH4/c1-3-21-19(24)17-10-6-16(7-11-17)13-22-20(25)18-8-4-15(5-9-18)12-14(2)23;1-3-13-12(16)11-6-4-10(5-7-11)8-14-9(2)15;1-3-12-11(15)9-4-6-10(7-5-9)13-8(2)14;;;/h4-11H,3,12-13H2,1-2H3,(H,21,24)(H,22,25);4-7H,3,8H2,1-2H3,(H,13,16)(H,14,15);4-7H,3H2,1-2H3,(H,12,15)(H,13,14);3*1H4. The Morgan fingerprint density at radius 1 is 0.390 bits per heavy atom. The molecule has 0 saturated heterocycles. The maximum absolute atomic E-state index is 12.2.